The van der Waals surface area contributed by atoms with Gasteiger partial charge in [0.1, 0.15) is 17.2 Å². The number of hydrogen-bond donors (Lipinski definition) is 1. The average molecular weight is 521 g/mol. The van der Waals surface area contributed by atoms with Gasteiger partial charge in [-0.05, 0) is 81.2 Å². The number of anilines is 2. The number of nitrogens with zero attached hydrogens (tertiary/aromatic N) is 1. The molecule has 0 aromatic heterocycles. The van der Waals surface area contributed by atoms with E-state index in [-0.39, 0.29) is 11.8 Å². The normalized spacial score (nSPS) is 23.1. The van der Waals surface area contributed by atoms with Gasteiger partial charge in [-0.25, -0.2) is 4.39 Å². The maximum absolute atomic E-state index is 16.3. The number of halogens is 1. The zero-order valence-electron chi connectivity index (χ0n) is 24.5. The van der Waals surface area contributed by atoms with Crippen molar-refractivity contribution in [3.05, 3.63) is 64.9 Å². The molecule has 1 saturated carbocycles. The van der Waals surface area contributed by atoms with Crippen molar-refractivity contribution < 1.29 is 13.9 Å². The molecule has 4 nitrogen and oxygen atoms in total. The molecule has 2 aromatic carbocycles. The molecule has 206 valence electrons. The van der Waals surface area contributed by atoms with Crippen LogP contribution in [0.3, 0.4) is 0 Å². The summed E-state index contributed by atoms with van der Waals surface area (Å²) in [5, 5.41) is 3.54. The van der Waals surface area contributed by atoms with Crippen molar-refractivity contribution in [2.45, 2.75) is 91.3 Å². The van der Waals surface area contributed by atoms with E-state index in [0.29, 0.717) is 24.0 Å². The summed E-state index contributed by atoms with van der Waals surface area (Å²) in [6.07, 6.45) is 8.76. The Morgan fingerprint density at radius 1 is 1.16 bits per heavy atom. The van der Waals surface area contributed by atoms with Crippen LogP contribution in [0.25, 0.3) is 5.70 Å². The Morgan fingerprint density at radius 2 is 1.82 bits per heavy atom. The second-order valence-corrected chi connectivity index (χ2v) is 11.2. The molecule has 0 saturated heterocycles. The highest BCUT2D eigenvalue weighted by Gasteiger charge is 2.48. The Balaban J connectivity index is 1.81. The summed E-state index contributed by atoms with van der Waals surface area (Å²) in [6, 6.07) is 11.2. The number of nitrogens with one attached hydrogen (secondary N) is 1. The van der Waals surface area contributed by atoms with E-state index in [0.717, 1.165) is 42.6 Å². The van der Waals surface area contributed by atoms with E-state index >= 15 is 4.39 Å². The molecule has 1 aliphatic heterocycles. The third-order valence-electron chi connectivity index (χ3n) is 8.57. The van der Waals surface area contributed by atoms with Crippen molar-refractivity contribution in [1.29, 1.82) is 0 Å². The first-order valence-corrected chi connectivity index (χ1v) is 14.2. The summed E-state index contributed by atoms with van der Waals surface area (Å²) < 4.78 is 28.1. The lowest BCUT2D eigenvalue weighted by Gasteiger charge is -2.34. The van der Waals surface area contributed by atoms with Gasteiger partial charge in [-0.15, -0.1) is 0 Å². The molecule has 1 N–H and O–H groups in total. The SMILES string of the molecule is CC/C(C)=C\N(c1cc(OC)c(C2CCCC2(F)C(C)C)c(OC)c1)c1ccc(C2=C[C@@H](CC)N2)cc1C. The highest BCUT2D eigenvalue weighted by atomic mass is 19.1. The number of aryl methyl sites for hydroxylation is 1. The molecule has 2 unspecified atom stereocenters. The van der Waals surface area contributed by atoms with Crippen LogP contribution in [-0.4, -0.2) is 25.9 Å². The lowest BCUT2D eigenvalue weighted by Crippen LogP contribution is -2.34. The largest absolute Gasteiger partial charge is 0.496 e. The highest BCUT2D eigenvalue weighted by molar-refractivity contribution is 5.77. The van der Waals surface area contributed by atoms with Crippen LogP contribution >= 0.6 is 0 Å². The minimum atomic E-state index is -1.27. The summed E-state index contributed by atoms with van der Waals surface area (Å²) in [7, 11) is 3.35. The van der Waals surface area contributed by atoms with Crippen molar-refractivity contribution in [2.24, 2.45) is 5.92 Å². The summed E-state index contributed by atoms with van der Waals surface area (Å²) >= 11 is 0. The predicted octanol–water partition coefficient (Wildman–Crippen LogP) is 8.82. The van der Waals surface area contributed by atoms with E-state index in [1.54, 1.807) is 14.2 Å². The third-order valence-corrected chi connectivity index (χ3v) is 8.57. The van der Waals surface area contributed by atoms with Crippen LogP contribution in [0, 0.1) is 12.8 Å². The Morgan fingerprint density at radius 3 is 2.34 bits per heavy atom. The van der Waals surface area contributed by atoms with Gasteiger partial charge in [0.25, 0.3) is 0 Å². The maximum Gasteiger partial charge on any atom is 0.128 e. The lowest BCUT2D eigenvalue weighted by atomic mass is 9.78. The smallest absolute Gasteiger partial charge is 0.128 e. The monoisotopic (exact) mass is 520 g/mol. The van der Waals surface area contributed by atoms with Crippen molar-refractivity contribution in [2.75, 3.05) is 19.1 Å². The van der Waals surface area contributed by atoms with Crippen molar-refractivity contribution in [3.63, 3.8) is 0 Å². The summed E-state index contributed by atoms with van der Waals surface area (Å²) in [5.41, 5.74) is 6.43. The van der Waals surface area contributed by atoms with Crippen LogP contribution in [0.1, 0.15) is 89.3 Å². The Labute approximate surface area is 228 Å². The van der Waals surface area contributed by atoms with Crippen LogP contribution in [0.4, 0.5) is 15.8 Å². The van der Waals surface area contributed by atoms with Gasteiger partial charge in [-0.2, -0.15) is 0 Å². The fourth-order valence-corrected chi connectivity index (χ4v) is 5.96. The lowest BCUT2D eigenvalue weighted by molar-refractivity contribution is 0.0856. The first kappa shape index (κ1) is 28.1. The second kappa shape index (κ2) is 11.4. The molecule has 2 aromatic rings. The number of allylic oxidation sites excluding steroid dienone is 1. The predicted molar refractivity (Wildman–Crippen MR) is 157 cm³/mol. The van der Waals surface area contributed by atoms with E-state index in [2.05, 4.69) is 68.4 Å². The Bertz CT molecular complexity index is 1190. The molecule has 5 heteroatoms. The van der Waals surface area contributed by atoms with E-state index in [1.807, 2.05) is 26.0 Å². The number of alkyl halides is 1. The zero-order chi connectivity index (χ0) is 27.6. The van der Waals surface area contributed by atoms with Gasteiger partial charge >= 0.3 is 0 Å². The number of methoxy groups -OCH3 is 2. The molecule has 0 amide bonds. The van der Waals surface area contributed by atoms with Crippen molar-refractivity contribution in [1.82, 2.24) is 5.32 Å². The van der Waals surface area contributed by atoms with Crippen LogP contribution in [0.5, 0.6) is 11.5 Å². The fourth-order valence-electron chi connectivity index (χ4n) is 5.96. The average Bonchev–Trinajstić information content (AvgIpc) is 3.28. The van der Waals surface area contributed by atoms with Crippen molar-refractivity contribution in [3.8, 4) is 11.5 Å². The summed E-state index contributed by atoms with van der Waals surface area (Å²) in [4.78, 5) is 2.21. The maximum atomic E-state index is 16.3. The van der Waals surface area contributed by atoms with E-state index in [1.165, 1.54) is 22.4 Å². The molecule has 3 atom stereocenters. The highest BCUT2D eigenvalue weighted by Crippen LogP contribution is 2.55. The van der Waals surface area contributed by atoms with Crippen LogP contribution in [-0.2, 0) is 0 Å². The first-order chi connectivity index (χ1) is 18.2. The third kappa shape index (κ3) is 5.17. The molecule has 1 aliphatic carbocycles. The Hall–Kier alpha value is -2.95. The summed E-state index contributed by atoms with van der Waals surface area (Å²) in [6.45, 7) is 12.6. The van der Waals surface area contributed by atoms with E-state index in [4.69, 9.17) is 9.47 Å². The molecular formula is C33H45FN2O2. The van der Waals surface area contributed by atoms with Gasteiger partial charge in [-0.1, -0.05) is 39.3 Å². The fraction of sp³-hybridized carbons (Fsp3) is 0.515. The quantitative estimate of drug-likeness (QED) is 0.339. The molecular weight excluding hydrogens is 475 g/mol. The second-order valence-electron chi connectivity index (χ2n) is 11.2. The molecule has 0 bridgehead atoms. The molecule has 2 aliphatic rings. The standard InChI is InChI=1S/C33H45FN2O2/c1-9-22(5)20-36(29-14-13-24(16-23(29)6)28-17-25(10-2)35-28)26-18-30(37-7)32(31(19-26)38-8)27-12-11-15-33(27,34)21(3)4/h13-14,16-21,25,27,35H,9-12,15H2,1-8H3/b22-20-/t25-,27?,33?/m1/s1. The molecule has 1 fully saturated rings. The first-order valence-electron chi connectivity index (χ1n) is 14.2. The number of rotatable bonds is 10. The van der Waals surface area contributed by atoms with Crippen LogP contribution in [0.15, 0.2) is 48.2 Å². The van der Waals surface area contributed by atoms with Gasteiger partial charge in [0.05, 0.1) is 19.9 Å². The van der Waals surface area contributed by atoms with Gasteiger partial charge in [0, 0.05) is 47.2 Å². The van der Waals surface area contributed by atoms with Gasteiger partial charge in [0.15, 0.2) is 0 Å². The topological polar surface area (TPSA) is 33.7 Å². The van der Waals surface area contributed by atoms with Gasteiger partial charge < -0.3 is 19.7 Å². The Kier molecular flexibility index (Phi) is 8.44. The van der Waals surface area contributed by atoms with Gasteiger partial charge in [0.2, 0.25) is 0 Å². The molecule has 38 heavy (non-hydrogen) atoms. The molecule has 4 rings (SSSR count). The molecule has 0 spiro atoms. The molecule has 1 heterocycles. The zero-order valence-corrected chi connectivity index (χ0v) is 24.5. The van der Waals surface area contributed by atoms with E-state index in [9.17, 15) is 0 Å². The number of hydrogen-bond acceptors (Lipinski definition) is 4. The number of ether oxygens (including phenoxy) is 2. The number of benzene rings is 2. The van der Waals surface area contributed by atoms with Crippen molar-refractivity contribution >= 4 is 17.1 Å². The van der Waals surface area contributed by atoms with E-state index < -0.39 is 5.67 Å². The van der Waals surface area contributed by atoms with Crippen LogP contribution < -0.4 is 19.7 Å². The minimum Gasteiger partial charge on any atom is -0.496 e. The minimum absolute atomic E-state index is 0.0789. The van der Waals surface area contributed by atoms with Gasteiger partial charge in [-0.3, -0.25) is 0 Å². The van der Waals surface area contributed by atoms with Crippen LogP contribution in [0.2, 0.25) is 0 Å². The summed E-state index contributed by atoms with van der Waals surface area (Å²) in [5.74, 6) is 1.04. The molecule has 0 radical (unpaired) electrons.